The van der Waals surface area contributed by atoms with Gasteiger partial charge in [0.25, 0.3) is 0 Å². The molecule has 3 rings (SSSR count). The summed E-state index contributed by atoms with van der Waals surface area (Å²) in [7, 11) is 0. The third-order valence-electron chi connectivity index (χ3n) is 4.67. The van der Waals surface area contributed by atoms with Crippen molar-refractivity contribution in [3.05, 3.63) is 36.2 Å². The molecule has 0 spiro atoms. The van der Waals surface area contributed by atoms with Crippen molar-refractivity contribution in [3.63, 3.8) is 0 Å². The van der Waals surface area contributed by atoms with E-state index in [4.69, 9.17) is 0 Å². The maximum Gasteiger partial charge on any atom is 0.226 e. The van der Waals surface area contributed by atoms with Crippen LogP contribution in [0.2, 0.25) is 0 Å². The first-order valence-corrected chi connectivity index (χ1v) is 8.35. The van der Waals surface area contributed by atoms with Crippen LogP contribution in [0, 0.1) is 12.8 Å². The maximum absolute atomic E-state index is 12.7. The Hall–Kier alpha value is -1.84. The second kappa shape index (κ2) is 6.95. The molecule has 118 valence electrons. The second-order valence-corrected chi connectivity index (χ2v) is 6.30. The van der Waals surface area contributed by atoms with Gasteiger partial charge in [-0.15, -0.1) is 0 Å². The van der Waals surface area contributed by atoms with Gasteiger partial charge < -0.3 is 9.80 Å². The highest BCUT2D eigenvalue weighted by molar-refractivity contribution is 5.79. The molecule has 1 amide bonds. The van der Waals surface area contributed by atoms with E-state index in [1.54, 1.807) is 0 Å². The number of aromatic nitrogens is 1. The van der Waals surface area contributed by atoms with E-state index in [0.29, 0.717) is 5.91 Å². The van der Waals surface area contributed by atoms with E-state index in [0.717, 1.165) is 57.6 Å². The molecule has 1 atom stereocenters. The zero-order chi connectivity index (χ0) is 15.4. The highest BCUT2D eigenvalue weighted by Crippen LogP contribution is 2.22. The van der Waals surface area contributed by atoms with Gasteiger partial charge in [0.1, 0.15) is 0 Å². The highest BCUT2D eigenvalue weighted by Gasteiger charge is 2.26. The van der Waals surface area contributed by atoms with E-state index >= 15 is 0 Å². The Morgan fingerprint density at radius 1 is 1.23 bits per heavy atom. The second-order valence-electron chi connectivity index (χ2n) is 6.30. The Balaban J connectivity index is 1.62. The molecule has 1 aliphatic heterocycles. The molecule has 1 fully saturated rings. The van der Waals surface area contributed by atoms with Crippen molar-refractivity contribution >= 4 is 11.6 Å². The van der Waals surface area contributed by atoms with E-state index in [1.165, 1.54) is 5.69 Å². The van der Waals surface area contributed by atoms with E-state index < -0.39 is 0 Å². The number of hydrogen-bond acceptors (Lipinski definition) is 3. The van der Waals surface area contributed by atoms with Crippen LogP contribution in [-0.4, -0.2) is 42.0 Å². The summed E-state index contributed by atoms with van der Waals surface area (Å²) < 4.78 is 0. The lowest BCUT2D eigenvalue weighted by molar-refractivity contribution is -0.135. The summed E-state index contributed by atoms with van der Waals surface area (Å²) in [6.45, 7) is 5.67. The Kier molecular flexibility index (Phi) is 4.76. The smallest absolute Gasteiger partial charge is 0.226 e. The average Bonchev–Trinajstić information content (AvgIpc) is 2.81. The van der Waals surface area contributed by atoms with Crippen molar-refractivity contribution in [1.82, 2.24) is 9.88 Å². The molecule has 4 heteroatoms. The molecule has 0 bridgehead atoms. The zero-order valence-electron chi connectivity index (χ0n) is 13.4. The van der Waals surface area contributed by atoms with Gasteiger partial charge in [-0.2, -0.15) is 0 Å². The van der Waals surface area contributed by atoms with Gasteiger partial charge in [-0.1, -0.05) is 12.2 Å². The van der Waals surface area contributed by atoms with Crippen LogP contribution in [-0.2, 0) is 4.79 Å². The molecule has 2 aliphatic rings. The first kappa shape index (κ1) is 15.1. The lowest BCUT2D eigenvalue weighted by Gasteiger charge is -2.27. The predicted octanol–water partition coefficient (Wildman–Crippen LogP) is 2.79. The van der Waals surface area contributed by atoms with Gasteiger partial charge in [-0.25, -0.2) is 0 Å². The Morgan fingerprint density at radius 3 is 2.91 bits per heavy atom. The fraction of sp³-hybridized carbons (Fsp3) is 0.556. The summed E-state index contributed by atoms with van der Waals surface area (Å²) in [6, 6.07) is 4.19. The van der Waals surface area contributed by atoms with Crippen molar-refractivity contribution in [1.29, 1.82) is 0 Å². The highest BCUT2D eigenvalue weighted by atomic mass is 16.2. The van der Waals surface area contributed by atoms with Crippen molar-refractivity contribution in [2.24, 2.45) is 5.92 Å². The molecule has 0 N–H and O–H groups in total. The van der Waals surface area contributed by atoms with Gasteiger partial charge in [0.05, 0.1) is 0 Å². The predicted molar refractivity (Wildman–Crippen MR) is 88.9 cm³/mol. The van der Waals surface area contributed by atoms with Crippen molar-refractivity contribution in [2.75, 3.05) is 31.1 Å². The van der Waals surface area contributed by atoms with E-state index in [9.17, 15) is 4.79 Å². The third kappa shape index (κ3) is 3.49. The average molecular weight is 299 g/mol. The van der Waals surface area contributed by atoms with Crippen LogP contribution in [0.25, 0.3) is 0 Å². The Labute approximate surface area is 132 Å². The number of allylic oxidation sites excluding steroid dienone is 2. The number of pyridine rings is 1. The summed E-state index contributed by atoms with van der Waals surface area (Å²) in [4.78, 5) is 21.4. The first-order valence-electron chi connectivity index (χ1n) is 8.35. The molecule has 4 nitrogen and oxygen atoms in total. The topological polar surface area (TPSA) is 36.4 Å². The SMILES string of the molecule is Cc1cc(N2CCCN(C(=O)C3CC=CCC3)CC2)ccn1. The molecule has 1 aliphatic carbocycles. The van der Waals surface area contributed by atoms with Crippen LogP contribution in [0.1, 0.15) is 31.4 Å². The summed E-state index contributed by atoms with van der Waals surface area (Å²) in [5.41, 5.74) is 2.27. The van der Waals surface area contributed by atoms with Gasteiger partial charge in [-0.05, 0) is 44.7 Å². The Bertz CT molecular complexity index is 555. The minimum Gasteiger partial charge on any atom is -0.370 e. The molecule has 0 aromatic carbocycles. The van der Waals surface area contributed by atoms with Crippen LogP contribution in [0.5, 0.6) is 0 Å². The quantitative estimate of drug-likeness (QED) is 0.788. The number of nitrogens with zero attached hydrogens (tertiary/aromatic N) is 3. The molecule has 1 saturated heterocycles. The molecule has 0 radical (unpaired) electrons. The first-order chi connectivity index (χ1) is 10.7. The Morgan fingerprint density at radius 2 is 2.14 bits per heavy atom. The summed E-state index contributed by atoms with van der Waals surface area (Å²) in [5, 5.41) is 0. The lowest BCUT2D eigenvalue weighted by atomic mass is 9.93. The standard InChI is InChI=1S/C18H25N3O/c1-15-14-17(8-9-19-15)20-10-5-11-21(13-12-20)18(22)16-6-3-2-4-7-16/h2-3,8-9,14,16H,4-7,10-13H2,1H3. The van der Waals surface area contributed by atoms with E-state index in [1.807, 2.05) is 13.1 Å². The van der Waals surface area contributed by atoms with Gasteiger partial charge in [0, 0.05) is 49.7 Å². The number of hydrogen-bond donors (Lipinski definition) is 0. The molecular weight excluding hydrogens is 274 g/mol. The fourth-order valence-corrected chi connectivity index (χ4v) is 3.40. The van der Waals surface area contributed by atoms with E-state index in [2.05, 4.69) is 39.1 Å². The van der Waals surface area contributed by atoms with Crippen LogP contribution < -0.4 is 4.90 Å². The fourth-order valence-electron chi connectivity index (χ4n) is 3.40. The third-order valence-corrected chi connectivity index (χ3v) is 4.67. The summed E-state index contributed by atoms with van der Waals surface area (Å²) >= 11 is 0. The summed E-state index contributed by atoms with van der Waals surface area (Å²) in [5.74, 6) is 0.567. The number of carbonyl (C=O) groups is 1. The molecular formula is C18H25N3O. The minimum atomic E-state index is 0.208. The van der Waals surface area contributed by atoms with Gasteiger partial charge >= 0.3 is 0 Å². The van der Waals surface area contributed by atoms with Crippen molar-refractivity contribution < 1.29 is 4.79 Å². The monoisotopic (exact) mass is 299 g/mol. The lowest BCUT2D eigenvalue weighted by Crippen LogP contribution is -2.39. The molecule has 0 saturated carbocycles. The van der Waals surface area contributed by atoms with Gasteiger partial charge in [0.2, 0.25) is 5.91 Å². The van der Waals surface area contributed by atoms with Crippen LogP contribution >= 0.6 is 0 Å². The van der Waals surface area contributed by atoms with E-state index in [-0.39, 0.29) is 5.92 Å². The molecule has 1 aromatic heterocycles. The number of rotatable bonds is 2. The normalized spacial score (nSPS) is 22.5. The molecule has 1 unspecified atom stereocenters. The molecule has 22 heavy (non-hydrogen) atoms. The van der Waals surface area contributed by atoms with Crippen LogP contribution in [0.3, 0.4) is 0 Å². The van der Waals surface area contributed by atoms with Gasteiger partial charge in [0.15, 0.2) is 0 Å². The number of amides is 1. The molecule has 1 aromatic rings. The number of carbonyl (C=O) groups excluding carboxylic acids is 1. The van der Waals surface area contributed by atoms with Gasteiger partial charge in [-0.3, -0.25) is 9.78 Å². The van der Waals surface area contributed by atoms with Crippen molar-refractivity contribution in [3.8, 4) is 0 Å². The molecule has 2 heterocycles. The number of aryl methyl sites for hydroxylation is 1. The number of anilines is 1. The summed E-state index contributed by atoms with van der Waals surface area (Å²) in [6.07, 6.45) is 10.2. The zero-order valence-corrected chi connectivity index (χ0v) is 13.4. The largest absolute Gasteiger partial charge is 0.370 e. The van der Waals surface area contributed by atoms with Crippen LogP contribution in [0.4, 0.5) is 5.69 Å². The maximum atomic E-state index is 12.7. The minimum absolute atomic E-state index is 0.208. The van der Waals surface area contributed by atoms with Crippen LogP contribution in [0.15, 0.2) is 30.5 Å². The van der Waals surface area contributed by atoms with Crippen molar-refractivity contribution in [2.45, 2.75) is 32.6 Å².